The first-order valence-electron chi connectivity index (χ1n) is 8.05. The zero-order chi connectivity index (χ0) is 12.9. The minimum absolute atomic E-state index is 0.887. The molecule has 0 saturated heterocycles. The van der Waals surface area contributed by atoms with Gasteiger partial charge in [-0.25, -0.2) is 0 Å². The SMILES string of the molecule is C1CCn2c(nnc2CNCCCC2CCCC2)C1. The van der Waals surface area contributed by atoms with Crippen molar-refractivity contribution >= 4 is 0 Å². The lowest BCUT2D eigenvalue weighted by molar-refractivity contribution is 0.461. The lowest BCUT2D eigenvalue weighted by atomic mass is 10.0. The van der Waals surface area contributed by atoms with Crippen LogP contribution < -0.4 is 5.32 Å². The average molecular weight is 262 g/mol. The summed E-state index contributed by atoms with van der Waals surface area (Å²) < 4.78 is 2.31. The highest BCUT2D eigenvalue weighted by molar-refractivity contribution is 4.98. The number of hydrogen-bond donors (Lipinski definition) is 1. The Kier molecular flexibility index (Phi) is 4.49. The second-order valence-electron chi connectivity index (χ2n) is 6.11. The third-order valence-electron chi connectivity index (χ3n) is 4.66. The van der Waals surface area contributed by atoms with Crippen LogP contribution in [0.3, 0.4) is 0 Å². The van der Waals surface area contributed by atoms with Crippen molar-refractivity contribution in [2.45, 2.75) is 70.9 Å². The van der Waals surface area contributed by atoms with E-state index in [2.05, 4.69) is 20.1 Å². The molecule has 0 bridgehead atoms. The van der Waals surface area contributed by atoms with Gasteiger partial charge in [0, 0.05) is 13.0 Å². The lowest BCUT2D eigenvalue weighted by Crippen LogP contribution is -2.20. The quantitative estimate of drug-likeness (QED) is 0.802. The Morgan fingerprint density at radius 1 is 1.11 bits per heavy atom. The van der Waals surface area contributed by atoms with Gasteiger partial charge in [-0.05, 0) is 38.1 Å². The Morgan fingerprint density at radius 3 is 2.89 bits per heavy atom. The maximum absolute atomic E-state index is 4.32. The van der Waals surface area contributed by atoms with Crippen LogP contribution in [0.5, 0.6) is 0 Å². The van der Waals surface area contributed by atoms with Crippen LogP contribution in [0.15, 0.2) is 0 Å². The molecule has 1 N–H and O–H groups in total. The summed E-state index contributed by atoms with van der Waals surface area (Å²) in [5, 5.41) is 12.2. The van der Waals surface area contributed by atoms with E-state index >= 15 is 0 Å². The molecule has 19 heavy (non-hydrogen) atoms. The molecule has 0 aromatic carbocycles. The van der Waals surface area contributed by atoms with Gasteiger partial charge in [-0.15, -0.1) is 10.2 Å². The number of hydrogen-bond acceptors (Lipinski definition) is 3. The molecule has 0 spiro atoms. The number of nitrogens with zero attached hydrogens (tertiary/aromatic N) is 3. The van der Waals surface area contributed by atoms with Gasteiger partial charge in [-0.3, -0.25) is 0 Å². The van der Waals surface area contributed by atoms with Gasteiger partial charge in [-0.2, -0.15) is 0 Å². The third kappa shape index (κ3) is 3.35. The number of aryl methyl sites for hydroxylation is 1. The number of nitrogens with one attached hydrogen (secondary N) is 1. The molecule has 0 amide bonds. The van der Waals surface area contributed by atoms with Crippen molar-refractivity contribution in [3.8, 4) is 0 Å². The summed E-state index contributed by atoms with van der Waals surface area (Å²) >= 11 is 0. The molecular formula is C15H26N4. The topological polar surface area (TPSA) is 42.7 Å². The number of aromatic nitrogens is 3. The molecule has 3 rings (SSSR count). The average Bonchev–Trinajstić information content (AvgIpc) is 3.08. The minimum Gasteiger partial charge on any atom is -0.314 e. The second kappa shape index (κ2) is 6.51. The van der Waals surface area contributed by atoms with Crippen molar-refractivity contribution < 1.29 is 0 Å². The van der Waals surface area contributed by atoms with Crippen LogP contribution in [0.25, 0.3) is 0 Å². The minimum atomic E-state index is 0.887. The molecule has 0 radical (unpaired) electrons. The maximum atomic E-state index is 4.32. The molecule has 1 aromatic rings. The van der Waals surface area contributed by atoms with Gasteiger partial charge < -0.3 is 9.88 Å². The van der Waals surface area contributed by atoms with Crippen molar-refractivity contribution in [3.63, 3.8) is 0 Å². The van der Waals surface area contributed by atoms with Crippen molar-refractivity contribution in [2.24, 2.45) is 5.92 Å². The highest BCUT2D eigenvalue weighted by Crippen LogP contribution is 2.28. The number of fused-ring (bicyclic) bond motifs is 1. The Morgan fingerprint density at radius 2 is 2.00 bits per heavy atom. The monoisotopic (exact) mass is 262 g/mol. The first kappa shape index (κ1) is 13.1. The Bertz CT molecular complexity index is 393. The molecule has 106 valence electrons. The summed E-state index contributed by atoms with van der Waals surface area (Å²) in [6.07, 6.45) is 12.2. The van der Waals surface area contributed by atoms with Gasteiger partial charge >= 0.3 is 0 Å². The summed E-state index contributed by atoms with van der Waals surface area (Å²) in [5.74, 6) is 3.34. The fourth-order valence-corrected chi connectivity index (χ4v) is 3.51. The summed E-state index contributed by atoms with van der Waals surface area (Å²) in [5.41, 5.74) is 0. The van der Waals surface area contributed by atoms with E-state index in [0.29, 0.717) is 0 Å². The van der Waals surface area contributed by atoms with Gasteiger partial charge in [0.1, 0.15) is 11.6 Å². The largest absolute Gasteiger partial charge is 0.314 e. The number of rotatable bonds is 6. The zero-order valence-corrected chi connectivity index (χ0v) is 11.9. The Labute approximate surface area is 116 Å². The fourth-order valence-electron chi connectivity index (χ4n) is 3.51. The van der Waals surface area contributed by atoms with E-state index in [1.807, 2.05) is 0 Å². The fraction of sp³-hybridized carbons (Fsp3) is 0.867. The van der Waals surface area contributed by atoms with Gasteiger partial charge in [-0.1, -0.05) is 25.7 Å². The van der Waals surface area contributed by atoms with E-state index in [1.165, 1.54) is 57.2 Å². The van der Waals surface area contributed by atoms with E-state index in [1.54, 1.807) is 0 Å². The molecular weight excluding hydrogens is 236 g/mol. The van der Waals surface area contributed by atoms with Crippen LogP contribution in [-0.4, -0.2) is 21.3 Å². The van der Waals surface area contributed by atoms with Gasteiger partial charge in [0.15, 0.2) is 0 Å². The molecule has 2 aliphatic rings. The highest BCUT2D eigenvalue weighted by atomic mass is 15.3. The van der Waals surface area contributed by atoms with E-state index < -0.39 is 0 Å². The molecule has 1 aromatic heterocycles. The van der Waals surface area contributed by atoms with Crippen molar-refractivity contribution in [1.82, 2.24) is 20.1 Å². The third-order valence-corrected chi connectivity index (χ3v) is 4.66. The van der Waals surface area contributed by atoms with Gasteiger partial charge in [0.05, 0.1) is 6.54 Å². The predicted octanol–water partition coefficient (Wildman–Crippen LogP) is 2.67. The molecule has 0 unspecified atom stereocenters. The predicted molar refractivity (Wildman–Crippen MR) is 75.9 cm³/mol. The molecule has 1 fully saturated rings. The Balaban J connectivity index is 1.36. The highest BCUT2D eigenvalue weighted by Gasteiger charge is 2.16. The van der Waals surface area contributed by atoms with Crippen molar-refractivity contribution in [1.29, 1.82) is 0 Å². The molecule has 1 aliphatic carbocycles. The van der Waals surface area contributed by atoms with Crippen LogP contribution in [0, 0.1) is 5.92 Å². The van der Waals surface area contributed by atoms with Gasteiger partial charge in [0.2, 0.25) is 0 Å². The van der Waals surface area contributed by atoms with Crippen molar-refractivity contribution in [3.05, 3.63) is 11.6 Å². The molecule has 1 aliphatic heterocycles. The van der Waals surface area contributed by atoms with E-state index in [0.717, 1.165) is 37.8 Å². The van der Waals surface area contributed by atoms with E-state index in [4.69, 9.17) is 0 Å². The Hall–Kier alpha value is -0.900. The zero-order valence-electron chi connectivity index (χ0n) is 11.9. The van der Waals surface area contributed by atoms with E-state index in [-0.39, 0.29) is 0 Å². The van der Waals surface area contributed by atoms with Crippen LogP contribution in [0.2, 0.25) is 0 Å². The van der Waals surface area contributed by atoms with Crippen LogP contribution in [0.1, 0.15) is 63.0 Å². The lowest BCUT2D eigenvalue weighted by Gasteiger charge is -2.15. The standard InChI is InChI=1S/C15H26N4/c1-2-7-13(6-1)8-5-10-16-12-15-18-17-14-9-3-4-11-19(14)15/h13,16H,1-12H2. The smallest absolute Gasteiger partial charge is 0.147 e. The summed E-state index contributed by atoms with van der Waals surface area (Å²) in [6.45, 7) is 3.12. The van der Waals surface area contributed by atoms with E-state index in [9.17, 15) is 0 Å². The summed E-state index contributed by atoms with van der Waals surface area (Å²) in [7, 11) is 0. The summed E-state index contributed by atoms with van der Waals surface area (Å²) in [6, 6.07) is 0. The molecule has 4 heteroatoms. The van der Waals surface area contributed by atoms with Crippen LogP contribution in [0.4, 0.5) is 0 Å². The normalized spacial score (nSPS) is 19.8. The maximum Gasteiger partial charge on any atom is 0.147 e. The molecule has 0 atom stereocenters. The molecule has 1 saturated carbocycles. The first-order valence-corrected chi connectivity index (χ1v) is 8.05. The summed E-state index contributed by atoms with van der Waals surface area (Å²) in [4.78, 5) is 0. The van der Waals surface area contributed by atoms with Crippen LogP contribution in [-0.2, 0) is 19.5 Å². The van der Waals surface area contributed by atoms with Crippen molar-refractivity contribution in [2.75, 3.05) is 6.54 Å². The van der Waals surface area contributed by atoms with Crippen LogP contribution >= 0.6 is 0 Å². The first-order chi connectivity index (χ1) is 9.43. The molecule has 2 heterocycles. The molecule has 4 nitrogen and oxygen atoms in total. The second-order valence-corrected chi connectivity index (χ2v) is 6.11. The van der Waals surface area contributed by atoms with Gasteiger partial charge in [0.25, 0.3) is 0 Å².